The minimum atomic E-state index is -4.33. The van der Waals surface area contributed by atoms with Crippen LogP contribution in [0, 0.1) is 27.7 Å². The predicted molar refractivity (Wildman–Crippen MR) is 106 cm³/mol. The number of carbonyl (C=O) groups excluding carboxylic acids is 1. The molecule has 0 N–H and O–H groups in total. The smallest absolute Gasteiger partial charge is 0.339 e. The number of hydrogen-bond acceptors (Lipinski definition) is 3. The van der Waals surface area contributed by atoms with E-state index in [2.05, 4.69) is 4.98 Å². The number of ketones is 1. The molecule has 7 heteroatoms. The standard InChI is InChI=1S/C21H21F3N2OS/c1-12-6-5-7-16-13(2)8-19(25-20(12)16)28-10-18(27)17-9-14(3)26(15(17)4)11-21(22,23)24/h5-9H,10-11H2,1-4H3. The first-order valence-corrected chi connectivity index (χ1v) is 9.82. The van der Waals surface area contributed by atoms with Crippen molar-refractivity contribution in [2.24, 2.45) is 0 Å². The lowest BCUT2D eigenvalue weighted by Crippen LogP contribution is -2.19. The molecule has 1 aromatic carbocycles. The average molecular weight is 406 g/mol. The molecule has 0 saturated heterocycles. The van der Waals surface area contributed by atoms with Crippen molar-refractivity contribution in [1.29, 1.82) is 0 Å². The molecule has 3 aromatic rings. The first-order valence-electron chi connectivity index (χ1n) is 8.83. The van der Waals surface area contributed by atoms with E-state index in [0.717, 1.165) is 31.6 Å². The van der Waals surface area contributed by atoms with E-state index in [0.29, 0.717) is 17.0 Å². The van der Waals surface area contributed by atoms with Crippen molar-refractivity contribution in [3.63, 3.8) is 0 Å². The second kappa shape index (κ2) is 7.62. The van der Waals surface area contributed by atoms with E-state index >= 15 is 0 Å². The third kappa shape index (κ3) is 4.24. The third-order valence-electron chi connectivity index (χ3n) is 4.79. The Hall–Kier alpha value is -2.28. The fourth-order valence-electron chi connectivity index (χ4n) is 3.33. The van der Waals surface area contributed by atoms with Gasteiger partial charge in [0, 0.05) is 22.3 Å². The SMILES string of the molecule is Cc1cc(SCC(=O)c2cc(C)n(CC(F)(F)F)c2C)nc2c(C)cccc12. The summed E-state index contributed by atoms with van der Waals surface area (Å²) in [5, 5.41) is 1.81. The zero-order chi connectivity index (χ0) is 20.6. The van der Waals surface area contributed by atoms with E-state index in [-0.39, 0.29) is 11.5 Å². The maximum Gasteiger partial charge on any atom is 0.406 e. The molecule has 0 aliphatic carbocycles. The van der Waals surface area contributed by atoms with Crippen LogP contribution in [0.3, 0.4) is 0 Å². The Balaban J connectivity index is 1.81. The van der Waals surface area contributed by atoms with Gasteiger partial charge in [-0.15, -0.1) is 0 Å². The fourth-order valence-corrected chi connectivity index (χ4v) is 4.18. The van der Waals surface area contributed by atoms with Gasteiger partial charge in [-0.05, 0) is 51.0 Å². The van der Waals surface area contributed by atoms with Crippen molar-refractivity contribution in [3.8, 4) is 0 Å². The van der Waals surface area contributed by atoms with Gasteiger partial charge in [-0.25, -0.2) is 4.98 Å². The van der Waals surface area contributed by atoms with Crippen LogP contribution >= 0.6 is 11.8 Å². The summed E-state index contributed by atoms with van der Waals surface area (Å²) in [6.07, 6.45) is -4.33. The minimum Gasteiger partial charge on any atom is -0.339 e. The Kier molecular flexibility index (Phi) is 5.57. The molecule has 0 bridgehead atoms. The predicted octanol–water partition coefficient (Wildman–Crippen LogP) is 5.81. The van der Waals surface area contributed by atoms with Gasteiger partial charge in [0.05, 0.1) is 16.3 Å². The fraction of sp³-hybridized carbons (Fsp3) is 0.333. The maximum absolute atomic E-state index is 12.8. The Morgan fingerprint density at radius 1 is 1.11 bits per heavy atom. The summed E-state index contributed by atoms with van der Waals surface area (Å²) in [6.45, 7) is 6.04. The summed E-state index contributed by atoms with van der Waals surface area (Å²) < 4.78 is 39.4. The van der Waals surface area contributed by atoms with Gasteiger partial charge in [-0.3, -0.25) is 4.79 Å². The quantitative estimate of drug-likeness (QED) is 0.396. The van der Waals surface area contributed by atoms with E-state index in [1.807, 2.05) is 38.1 Å². The van der Waals surface area contributed by atoms with Gasteiger partial charge < -0.3 is 4.57 Å². The van der Waals surface area contributed by atoms with E-state index < -0.39 is 12.7 Å². The number of aromatic nitrogens is 2. The highest BCUT2D eigenvalue weighted by atomic mass is 32.2. The third-order valence-corrected chi connectivity index (χ3v) is 5.70. The highest BCUT2D eigenvalue weighted by molar-refractivity contribution is 7.99. The molecule has 0 aliphatic heterocycles. The zero-order valence-electron chi connectivity index (χ0n) is 16.1. The monoisotopic (exact) mass is 406 g/mol. The van der Waals surface area contributed by atoms with Gasteiger partial charge in [-0.1, -0.05) is 30.0 Å². The highest BCUT2D eigenvalue weighted by Gasteiger charge is 2.30. The summed E-state index contributed by atoms with van der Waals surface area (Å²) in [4.78, 5) is 17.3. The first kappa shape index (κ1) is 20.5. The number of nitrogens with zero attached hydrogens (tertiary/aromatic N) is 2. The minimum absolute atomic E-state index is 0.125. The normalized spacial score (nSPS) is 12.0. The molecule has 0 aliphatic rings. The lowest BCUT2D eigenvalue weighted by molar-refractivity contribution is -0.141. The lowest BCUT2D eigenvalue weighted by atomic mass is 10.1. The van der Waals surface area contributed by atoms with Gasteiger partial charge in [0.1, 0.15) is 6.54 Å². The number of halogens is 3. The highest BCUT2D eigenvalue weighted by Crippen LogP contribution is 2.28. The maximum atomic E-state index is 12.8. The van der Waals surface area contributed by atoms with Crippen LogP contribution in [0.5, 0.6) is 0 Å². The molecular formula is C21H21F3N2OS. The number of hydrogen-bond donors (Lipinski definition) is 0. The molecule has 0 saturated carbocycles. The number of thioether (sulfide) groups is 1. The average Bonchev–Trinajstić information content (AvgIpc) is 2.87. The largest absolute Gasteiger partial charge is 0.406 e. The van der Waals surface area contributed by atoms with Crippen molar-refractivity contribution in [2.45, 2.75) is 45.4 Å². The molecular weight excluding hydrogens is 385 g/mol. The summed E-state index contributed by atoms with van der Waals surface area (Å²) in [5.74, 6) is -0.0731. The van der Waals surface area contributed by atoms with Gasteiger partial charge in [0.2, 0.25) is 0 Å². The molecule has 2 aromatic heterocycles. The molecule has 0 unspecified atom stereocenters. The Morgan fingerprint density at radius 3 is 2.50 bits per heavy atom. The summed E-state index contributed by atoms with van der Waals surface area (Å²) in [6, 6.07) is 9.46. The van der Waals surface area contributed by atoms with Crippen LogP contribution in [0.4, 0.5) is 13.2 Å². The van der Waals surface area contributed by atoms with Crippen LogP contribution in [0.1, 0.15) is 32.9 Å². The molecule has 0 fully saturated rings. The number of Topliss-reactive ketones (excluding diaryl/α,β-unsaturated/α-hetero) is 1. The Morgan fingerprint density at radius 2 is 1.82 bits per heavy atom. The lowest BCUT2D eigenvalue weighted by Gasteiger charge is -2.12. The number of pyridine rings is 1. The molecule has 3 nitrogen and oxygen atoms in total. The number of fused-ring (bicyclic) bond motifs is 1. The molecule has 28 heavy (non-hydrogen) atoms. The molecule has 0 atom stereocenters. The first-order chi connectivity index (χ1) is 13.1. The van der Waals surface area contributed by atoms with Gasteiger partial charge in [0.25, 0.3) is 0 Å². The van der Waals surface area contributed by atoms with Crippen molar-refractivity contribution in [2.75, 3.05) is 5.75 Å². The van der Waals surface area contributed by atoms with Crippen LogP contribution in [0.15, 0.2) is 35.4 Å². The summed E-state index contributed by atoms with van der Waals surface area (Å²) in [7, 11) is 0. The molecule has 0 spiro atoms. The summed E-state index contributed by atoms with van der Waals surface area (Å²) >= 11 is 1.31. The van der Waals surface area contributed by atoms with Crippen LogP contribution in [0.2, 0.25) is 0 Å². The van der Waals surface area contributed by atoms with Crippen LogP contribution < -0.4 is 0 Å². The van der Waals surface area contributed by atoms with Gasteiger partial charge in [0.15, 0.2) is 5.78 Å². The van der Waals surface area contributed by atoms with Crippen LogP contribution in [0.25, 0.3) is 10.9 Å². The topological polar surface area (TPSA) is 34.9 Å². The number of alkyl halides is 3. The molecule has 148 valence electrons. The van der Waals surface area contributed by atoms with Crippen molar-refractivity contribution < 1.29 is 18.0 Å². The molecule has 3 rings (SSSR count). The summed E-state index contributed by atoms with van der Waals surface area (Å²) in [5.41, 5.74) is 4.15. The van der Waals surface area contributed by atoms with E-state index in [9.17, 15) is 18.0 Å². The Labute approximate surface area is 166 Å². The van der Waals surface area contributed by atoms with Crippen molar-refractivity contribution in [1.82, 2.24) is 9.55 Å². The number of rotatable bonds is 5. The second-order valence-corrected chi connectivity index (χ2v) is 7.94. The number of para-hydroxylation sites is 1. The van der Waals surface area contributed by atoms with Crippen LogP contribution in [-0.4, -0.2) is 27.3 Å². The van der Waals surface area contributed by atoms with Gasteiger partial charge in [-0.2, -0.15) is 13.2 Å². The van der Waals surface area contributed by atoms with E-state index in [4.69, 9.17) is 0 Å². The number of aryl methyl sites for hydroxylation is 3. The molecule has 0 amide bonds. The second-order valence-electron chi connectivity index (χ2n) is 6.95. The van der Waals surface area contributed by atoms with E-state index in [1.54, 1.807) is 13.8 Å². The van der Waals surface area contributed by atoms with E-state index in [1.165, 1.54) is 17.8 Å². The van der Waals surface area contributed by atoms with Gasteiger partial charge >= 0.3 is 6.18 Å². The number of benzene rings is 1. The molecule has 2 heterocycles. The van der Waals surface area contributed by atoms with Crippen molar-refractivity contribution >= 4 is 28.4 Å². The van der Waals surface area contributed by atoms with Crippen LogP contribution in [-0.2, 0) is 6.54 Å². The van der Waals surface area contributed by atoms with Crippen molar-refractivity contribution in [3.05, 3.63) is 58.4 Å². The Bertz CT molecular complexity index is 1050. The number of carbonyl (C=O) groups is 1. The molecule has 0 radical (unpaired) electrons. The zero-order valence-corrected chi connectivity index (χ0v) is 17.0.